The molecule has 0 aromatic heterocycles. The van der Waals surface area contributed by atoms with Crippen molar-refractivity contribution in [2.24, 2.45) is 0 Å². The average molecular weight is 360 g/mol. The van der Waals surface area contributed by atoms with Crippen LogP contribution in [0.15, 0.2) is 48.5 Å². The minimum atomic E-state index is -0.142. The third-order valence-corrected chi connectivity index (χ3v) is 6.68. The fraction of sp³-hybridized carbons (Fsp3) is 0.316. The van der Waals surface area contributed by atoms with Crippen LogP contribution in [0.2, 0.25) is 0 Å². The van der Waals surface area contributed by atoms with E-state index in [1.165, 1.54) is 29.1 Å². The molecule has 24 heavy (non-hydrogen) atoms. The molecule has 1 aliphatic rings. The summed E-state index contributed by atoms with van der Waals surface area (Å²) in [5.74, 6) is 2.98. The Balaban J connectivity index is 1.55. The first-order chi connectivity index (χ1) is 11.7. The second kappa shape index (κ2) is 8.49. The SMILES string of the molecule is Cc1ccc(OCC(=O)Nc2cccc(C3SCCCS3)c2)cc1. The number of hydrogen-bond acceptors (Lipinski definition) is 4. The topological polar surface area (TPSA) is 38.3 Å². The zero-order valence-electron chi connectivity index (χ0n) is 13.7. The summed E-state index contributed by atoms with van der Waals surface area (Å²) in [6, 6.07) is 15.8. The molecule has 3 rings (SSSR count). The van der Waals surface area contributed by atoms with Gasteiger partial charge in [-0.05, 0) is 54.7 Å². The van der Waals surface area contributed by atoms with Crippen molar-refractivity contribution < 1.29 is 9.53 Å². The molecule has 0 saturated carbocycles. The molecule has 1 saturated heterocycles. The van der Waals surface area contributed by atoms with Crippen molar-refractivity contribution in [3.05, 3.63) is 59.7 Å². The van der Waals surface area contributed by atoms with Gasteiger partial charge in [0.2, 0.25) is 0 Å². The van der Waals surface area contributed by atoms with Crippen molar-refractivity contribution in [1.29, 1.82) is 0 Å². The molecule has 1 N–H and O–H groups in total. The van der Waals surface area contributed by atoms with Gasteiger partial charge in [-0.3, -0.25) is 4.79 Å². The molecule has 0 radical (unpaired) electrons. The Morgan fingerprint density at radius 2 is 1.92 bits per heavy atom. The van der Waals surface area contributed by atoms with Crippen LogP contribution in [0.5, 0.6) is 5.75 Å². The van der Waals surface area contributed by atoms with Crippen LogP contribution in [0.25, 0.3) is 0 Å². The summed E-state index contributed by atoms with van der Waals surface area (Å²) in [4.78, 5) is 12.1. The van der Waals surface area contributed by atoms with Gasteiger partial charge in [-0.2, -0.15) is 0 Å². The highest BCUT2D eigenvalue weighted by atomic mass is 32.2. The summed E-state index contributed by atoms with van der Waals surface area (Å²) in [6.45, 7) is 2.03. The van der Waals surface area contributed by atoms with E-state index in [-0.39, 0.29) is 12.5 Å². The molecule has 0 bridgehead atoms. The van der Waals surface area contributed by atoms with Crippen molar-refractivity contribution in [2.75, 3.05) is 23.4 Å². The fourth-order valence-electron chi connectivity index (χ4n) is 2.42. The smallest absolute Gasteiger partial charge is 0.262 e. The number of anilines is 1. The molecular formula is C19H21NO2S2. The van der Waals surface area contributed by atoms with Crippen LogP contribution >= 0.6 is 23.5 Å². The summed E-state index contributed by atoms with van der Waals surface area (Å²) >= 11 is 3.96. The normalized spacial score (nSPS) is 15.0. The second-order valence-electron chi connectivity index (χ2n) is 5.70. The predicted octanol–water partition coefficient (Wildman–Crippen LogP) is 4.88. The Hall–Kier alpha value is -1.59. The Kier molecular flexibility index (Phi) is 6.10. The number of amides is 1. The lowest BCUT2D eigenvalue weighted by atomic mass is 10.2. The summed E-state index contributed by atoms with van der Waals surface area (Å²) in [5, 5.41) is 2.92. The average Bonchev–Trinajstić information content (AvgIpc) is 2.62. The van der Waals surface area contributed by atoms with E-state index in [9.17, 15) is 4.79 Å². The van der Waals surface area contributed by atoms with Crippen LogP contribution in [0.4, 0.5) is 5.69 Å². The standard InChI is InChI=1S/C19H21NO2S2/c1-14-6-8-17(9-7-14)22-13-18(21)20-16-5-2-4-15(12-16)19-23-10-3-11-24-19/h2,4-9,12,19H,3,10-11,13H2,1H3,(H,20,21). The maximum absolute atomic E-state index is 12.1. The number of hydrogen-bond donors (Lipinski definition) is 1. The van der Waals surface area contributed by atoms with Gasteiger partial charge < -0.3 is 10.1 Å². The molecule has 1 fully saturated rings. The summed E-state index contributed by atoms with van der Waals surface area (Å²) in [6.07, 6.45) is 1.28. The monoisotopic (exact) mass is 359 g/mol. The fourth-order valence-corrected chi connectivity index (χ4v) is 5.30. The highest BCUT2D eigenvalue weighted by Gasteiger charge is 2.17. The second-order valence-corrected chi connectivity index (χ2v) is 8.43. The minimum Gasteiger partial charge on any atom is -0.484 e. The van der Waals surface area contributed by atoms with Gasteiger partial charge in [0.05, 0.1) is 4.58 Å². The van der Waals surface area contributed by atoms with Crippen molar-refractivity contribution in [1.82, 2.24) is 0 Å². The van der Waals surface area contributed by atoms with Crippen LogP contribution in [0, 0.1) is 6.92 Å². The van der Waals surface area contributed by atoms with Crippen LogP contribution < -0.4 is 10.1 Å². The van der Waals surface area contributed by atoms with Crippen LogP contribution in [-0.4, -0.2) is 24.0 Å². The van der Waals surface area contributed by atoms with E-state index in [4.69, 9.17) is 4.74 Å². The Morgan fingerprint density at radius 1 is 1.17 bits per heavy atom. The van der Waals surface area contributed by atoms with Crippen LogP contribution in [0.3, 0.4) is 0 Å². The highest BCUT2D eigenvalue weighted by Crippen LogP contribution is 2.43. The number of thioether (sulfide) groups is 2. The molecule has 2 aromatic rings. The number of aryl methyl sites for hydroxylation is 1. The number of benzene rings is 2. The van der Waals surface area contributed by atoms with Crippen molar-refractivity contribution in [2.45, 2.75) is 17.9 Å². The first-order valence-corrected chi connectivity index (χ1v) is 10.1. The van der Waals surface area contributed by atoms with Gasteiger partial charge in [-0.15, -0.1) is 23.5 Å². The molecule has 0 aliphatic carbocycles. The lowest BCUT2D eigenvalue weighted by Gasteiger charge is -2.21. The zero-order chi connectivity index (χ0) is 16.8. The molecule has 0 unspecified atom stereocenters. The van der Waals surface area contributed by atoms with Gasteiger partial charge in [0.25, 0.3) is 5.91 Å². The van der Waals surface area contributed by atoms with Gasteiger partial charge in [0, 0.05) is 5.69 Å². The van der Waals surface area contributed by atoms with Gasteiger partial charge in [0.1, 0.15) is 5.75 Å². The molecule has 5 heteroatoms. The third kappa shape index (κ3) is 4.95. The van der Waals surface area contributed by atoms with Crippen LogP contribution in [0.1, 0.15) is 22.1 Å². The Bertz CT molecular complexity index is 682. The van der Waals surface area contributed by atoms with E-state index in [0.29, 0.717) is 10.3 Å². The van der Waals surface area contributed by atoms with E-state index in [2.05, 4.69) is 17.4 Å². The van der Waals surface area contributed by atoms with E-state index >= 15 is 0 Å². The largest absolute Gasteiger partial charge is 0.484 e. The van der Waals surface area contributed by atoms with E-state index in [0.717, 1.165) is 5.69 Å². The lowest BCUT2D eigenvalue weighted by molar-refractivity contribution is -0.118. The third-order valence-electron chi connectivity index (χ3n) is 3.66. The van der Waals surface area contributed by atoms with Crippen molar-refractivity contribution in [3.63, 3.8) is 0 Å². The molecule has 0 atom stereocenters. The molecule has 2 aromatic carbocycles. The van der Waals surface area contributed by atoms with Crippen molar-refractivity contribution >= 4 is 35.1 Å². The Morgan fingerprint density at radius 3 is 2.67 bits per heavy atom. The molecule has 3 nitrogen and oxygen atoms in total. The first-order valence-electron chi connectivity index (χ1n) is 8.03. The molecule has 1 heterocycles. The van der Waals surface area contributed by atoms with Gasteiger partial charge in [-0.1, -0.05) is 29.8 Å². The molecule has 126 valence electrons. The van der Waals surface area contributed by atoms with Crippen molar-refractivity contribution in [3.8, 4) is 5.75 Å². The minimum absolute atomic E-state index is 0.0141. The number of rotatable bonds is 5. The predicted molar refractivity (Wildman–Crippen MR) is 104 cm³/mol. The highest BCUT2D eigenvalue weighted by molar-refractivity contribution is 8.16. The van der Waals surface area contributed by atoms with E-state index in [1.54, 1.807) is 0 Å². The molecule has 1 amide bonds. The number of carbonyl (C=O) groups is 1. The maximum Gasteiger partial charge on any atom is 0.262 e. The maximum atomic E-state index is 12.1. The lowest BCUT2D eigenvalue weighted by Crippen LogP contribution is -2.20. The number of carbonyl (C=O) groups excluding carboxylic acids is 1. The zero-order valence-corrected chi connectivity index (χ0v) is 15.3. The molecular weight excluding hydrogens is 338 g/mol. The molecule has 0 spiro atoms. The Labute approximate surface area is 151 Å². The molecule has 1 aliphatic heterocycles. The summed E-state index contributed by atoms with van der Waals surface area (Å²) < 4.78 is 5.99. The van der Waals surface area contributed by atoms with Gasteiger partial charge >= 0.3 is 0 Å². The van der Waals surface area contributed by atoms with Gasteiger partial charge in [-0.25, -0.2) is 0 Å². The number of ether oxygens (including phenoxy) is 1. The first kappa shape index (κ1) is 17.2. The summed E-state index contributed by atoms with van der Waals surface area (Å²) in [5.41, 5.74) is 3.26. The number of nitrogens with one attached hydrogen (secondary N) is 1. The van der Waals surface area contributed by atoms with E-state index < -0.39 is 0 Å². The van der Waals surface area contributed by atoms with E-state index in [1.807, 2.05) is 66.8 Å². The van der Waals surface area contributed by atoms with Crippen LogP contribution in [-0.2, 0) is 4.79 Å². The quantitative estimate of drug-likeness (QED) is 0.825. The summed E-state index contributed by atoms with van der Waals surface area (Å²) in [7, 11) is 0. The van der Waals surface area contributed by atoms with Gasteiger partial charge in [0.15, 0.2) is 6.61 Å².